The molecule has 0 spiro atoms. The van der Waals surface area contributed by atoms with Crippen molar-refractivity contribution in [2.45, 2.75) is 24.8 Å². The van der Waals surface area contributed by atoms with Crippen molar-refractivity contribution in [1.82, 2.24) is 15.1 Å². The summed E-state index contributed by atoms with van der Waals surface area (Å²) in [5.41, 5.74) is 1.33. The fourth-order valence-electron chi connectivity index (χ4n) is 4.25. The zero-order chi connectivity index (χ0) is 17.9. The molecule has 2 heterocycles. The lowest BCUT2D eigenvalue weighted by Crippen LogP contribution is -2.43. The molecule has 0 amide bonds. The summed E-state index contributed by atoms with van der Waals surface area (Å²) in [6.45, 7) is 7.30. The highest BCUT2D eigenvalue weighted by Gasteiger charge is 2.40. The summed E-state index contributed by atoms with van der Waals surface area (Å²) in [4.78, 5) is 9.52. The molecule has 6 heteroatoms. The first-order valence-corrected chi connectivity index (χ1v) is 10.1. The number of rotatable bonds is 4. The SMILES string of the molecule is CN=C(NC1CC1c1cccc(Cl)c1)N1CCC(CN2CCOCC2)C1. The van der Waals surface area contributed by atoms with E-state index in [-0.39, 0.29) is 0 Å². The maximum atomic E-state index is 6.13. The molecule has 2 saturated heterocycles. The quantitative estimate of drug-likeness (QED) is 0.647. The molecule has 2 aliphatic heterocycles. The maximum Gasteiger partial charge on any atom is 0.193 e. The van der Waals surface area contributed by atoms with Gasteiger partial charge in [0.05, 0.1) is 13.2 Å². The number of morpholine rings is 1. The zero-order valence-corrected chi connectivity index (χ0v) is 16.3. The number of guanidine groups is 1. The van der Waals surface area contributed by atoms with Crippen LogP contribution in [0.2, 0.25) is 5.02 Å². The van der Waals surface area contributed by atoms with Crippen LogP contribution in [0.3, 0.4) is 0 Å². The van der Waals surface area contributed by atoms with Crippen LogP contribution in [0, 0.1) is 5.92 Å². The van der Waals surface area contributed by atoms with Crippen molar-refractivity contribution in [1.29, 1.82) is 0 Å². The second kappa shape index (κ2) is 8.15. The van der Waals surface area contributed by atoms with E-state index in [1.807, 2.05) is 19.2 Å². The molecular weight excluding hydrogens is 348 g/mol. The molecule has 3 fully saturated rings. The van der Waals surface area contributed by atoms with E-state index in [4.69, 9.17) is 16.3 Å². The van der Waals surface area contributed by atoms with E-state index < -0.39 is 0 Å². The van der Waals surface area contributed by atoms with E-state index in [0.717, 1.165) is 62.7 Å². The van der Waals surface area contributed by atoms with Gasteiger partial charge in [0.25, 0.3) is 0 Å². The van der Waals surface area contributed by atoms with Crippen molar-refractivity contribution in [3.63, 3.8) is 0 Å². The van der Waals surface area contributed by atoms with Gasteiger partial charge in [0.1, 0.15) is 0 Å². The number of hydrogen-bond donors (Lipinski definition) is 1. The number of nitrogens with zero attached hydrogens (tertiary/aromatic N) is 3. The van der Waals surface area contributed by atoms with Crippen molar-refractivity contribution in [3.05, 3.63) is 34.9 Å². The molecule has 142 valence electrons. The minimum Gasteiger partial charge on any atom is -0.379 e. The monoisotopic (exact) mass is 376 g/mol. The molecule has 26 heavy (non-hydrogen) atoms. The van der Waals surface area contributed by atoms with Gasteiger partial charge in [-0.1, -0.05) is 23.7 Å². The molecule has 1 saturated carbocycles. The molecule has 0 radical (unpaired) electrons. The smallest absolute Gasteiger partial charge is 0.193 e. The largest absolute Gasteiger partial charge is 0.379 e. The third kappa shape index (κ3) is 4.33. The summed E-state index contributed by atoms with van der Waals surface area (Å²) in [6.07, 6.45) is 2.41. The van der Waals surface area contributed by atoms with Gasteiger partial charge in [-0.3, -0.25) is 9.89 Å². The Bertz CT molecular complexity index is 646. The standard InChI is InChI=1S/C20H29ClN4O/c1-22-20(23-19-12-18(19)16-3-2-4-17(21)11-16)25-6-5-15(14-25)13-24-7-9-26-10-8-24/h2-4,11,15,18-19H,5-10,12-14H2,1H3,(H,22,23). The molecular formula is C20H29ClN4O. The van der Waals surface area contributed by atoms with Gasteiger partial charge in [-0.25, -0.2) is 0 Å². The van der Waals surface area contributed by atoms with E-state index >= 15 is 0 Å². The van der Waals surface area contributed by atoms with Crippen LogP contribution in [0.25, 0.3) is 0 Å². The summed E-state index contributed by atoms with van der Waals surface area (Å²) >= 11 is 6.13. The maximum absolute atomic E-state index is 6.13. The Morgan fingerprint density at radius 2 is 2.15 bits per heavy atom. The predicted molar refractivity (Wildman–Crippen MR) is 106 cm³/mol. The van der Waals surface area contributed by atoms with Crippen molar-refractivity contribution in [3.8, 4) is 0 Å². The lowest BCUT2D eigenvalue weighted by atomic mass is 10.1. The van der Waals surface area contributed by atoms with Gasteiger partial charge in [-0.05, 0) is 36.5 Å². The van der Waals surface area contributed by atoms with Gasteiger partial charge in [0, 0.05) is 56.8 Å². The third-order valence-corrected chi connectivity index (χ3v) is 6.03. The second-order valence-electron chi connectivity index (χ2n) is 7.71. The molecule has 1 aromatic rings. The Balaban J connectivity index is 1.27. The lowest BCUT2D eigenvalue weighted by molar-refractivity contribution is 0.0315. The average molecular weight is 377 g/mol. The van der Waals surface area contributed by atoms with Crippen LogP contribution in [-0.2, 0) is 4.74 Å². The van der Waals surface area contributed by atoms with Crippen LogP contribution in [0.5, 0.6) is 0 Å². The first-order chi connectivity index (χ1) is 12.7. The number of hydrogen-bond acceptors (Lipinski definition) is 3. The van der Waals surface area contributed by atoms with E-state index in [1.165, 1.54) is 18.5 Å². The number of nitrogens with one attached hydrogen (secondary N) is 1. The predicted octanol–water partition coefficient (Wildman–Crippen LogP) is 2.43. The number of halogens is 1. The minimum absolute atomic E-state index is 0.477. The van der Waals surface area contributed by atoms with Crippen LogP contribution in [0.4, 0.5) is 0 Å². The topological polar surface area (TPSA) is 40.1 Å². The molecule has 3 aliphatic rings. The van der Waals surface area contributed by atoms with Gasteiger partial charge >= 0.3 is 0 Å². The van der Waals surface area contributed by atoms with E-state index in [2.05, 4.69) is 32.2 Å². The van der Waals surface area contributed by atoms with Gasteiger partial charge < -0.3 is 15.0 Å². The van der Waals surface area contributed by atoms with Crippen molar-refractivity contribution in [2.75, 3.05) is 53.0 Å². The zero-order valence-electron chi connectivity index (χ0n) is 15.5. The summed E-state index contributed by atoms with van der Waals surface area (Å²) in [5.74, 6) is 2.34. The van der Waals surface area contributed by atoms with E-state index in [1.54, 1.807) is 0 Å². The fourth-order valence-corrected chi connectivity index (χ4v) is 4.44. The van der Waals surface area contributed by atoms with Crippen molar-refractivity contribution in [2.24, 2.45) is 10.9 Å². The Labute approximate surface area is 161 Å². The summed E-state index contributed by atoms with van der Waals surface area (Å²) < 4.78 is 5.46. The van der Waals surface area contributed by atoms with Crippen LogP contribution < -0.4 is 5.32 Å². The van der Waals surface area contributed by atoms with Crippen LogP contribution >= 0.6 is 11.6 Å². The van der Waals surface area contributed by atoms with Gasteiger partial charge in [-0.2, -0.15) is 0 Å². The molecule has 0 aromatic heterocycles. The average Bonchev–Trinajstić information content (AvgIpc) is 3.29. The normalized spacial score (nSPS) is 29.8. The van der Waals surface area contributed by atoms with E-state index in [0.29, 0.717) is 12.0 Å². The summed E-state index contributed by atoms with van der Waals surface area (Å²) in [7, 11) is 1.90. The lowest BCUT2D eigenvalue weighted by Gasteiger charge is -2.29. The summed E-state index contributed by atoms with van der Waals surface area (Å²) in [6, 6.07) is 8.72. The summed E-state index contributed by atoms with van der Waals surface area (Å²) in [5, 5.41) is 4.50. The Hall–Kier alpha value is -1.30. The van der Waals surface area contributed by atoms with Crippen molar-refractivity contribution < 1.29 is 4.74 Å². The third-order valence-electron chi connectivity index (χ3n) is 5.80. The molecule has 1 N–H and O–H groups in total. The molecule has 3 atom stereocenters. The van der Waals surface area contributed by atoms with Gasteiger partial charge in [0.2, 0.25) is 0 Å². The number of ether oxygens (including phenoxy) is 1. The van der Waals surface area contributed by atoms with Crippen LogP contribution in [0.15, 0.2) is 29.3 Å². The number of likely N-dealkylation sites (tertiary alicyclic amines) is 1. The molecule has 1 aliphatic carbocycles. The Morgan fingerprint density at radius 3 is 2.92 bits per heavy atom. The molecule has 3 unspecified atom stereocenters. The number of benzene rings is 1. The van der Waals surface area contributed by atoms with E-state index in [9.17, 15) is 0 Å². The highest BCUT2D eigenvalue weighted by Crippen LogP contribution is 2.41. The van der Waals surface area contributed by atoms with Crippen molar-refractivity contribution >= 4 is 17.6 Å². The molecule has 0 bridgehead atoms. The first kappa shape index (κ1) is 18.1. The molecule has 1 aromatic carbocycles. The second-order valence-corrected chi connectivity index (χ2v) is 8.15. The molecule has 4 rings (SSSR count). The first-order valence-electron chi connectivity index (χ1n) is 9.77. The minimum atomic E-state index is 0.477. The fraction of sp³-hybridized carbons (Fsp3) is 0.650. The van der Waals surface area contributed by atoms with Gasteiger partial charge in [-0.15, -0.1) is 0 Å². The number of aliphatic imine (C=N–C) groups is 1. The van der Waals surface area contributed by atoms with Crippen LogP contribution in [-0.4, -0.2) is 74.8 Å². The van der Waals surface area contributed by atoms with Crippen LogP contribution in [0.1, 0.15) is 24.3 Å². The highest BCUT2D eigenvalue weighted by atomic mass is 35.5. The highest BCUT2D eigenvalue weighted by molar-refractivity contribution is 6.30. The Morgan fingerprint density at radius 1 is 1.31 bits per heavy atom. The van der Waals surface area contributed by atoms with Gasteiger partial charge in [0.15, 0.2) is 5.96 Å². The molecule has 5 nitrogen and oxygen atoms in total. The Kier molecular flexibility index (Phi) is 5.67.